The molecule has 1 saturated heterocycles. The standard InChI is InChI=1S/C8H13NO2/c10-7(11)9-5-8(6-9)3-1-2-4-8/h1-6H2,(H,10,11). The van der Waals surface area contributed by atoms with Crippen molar-refractivity contribution in [2.45, 2.75) is 25.7 Å². The average molecular weight is 155 g/mol. The van der Waals surface area contributed by atoms with E-state index in [9.17, 15) is 4.79 Å². The third-order valence-corrected chi connectivity index (χ3v) is 2.99. The summed E-state index contributed by atoms with van der Waals surface area (Å²) in [4.78, 5) is 12.0. The van der Waals surface area contributed by atoms with Crippen molar-refractivity contribution in [2.24, 2.45) is 5.41 Å². The summed E-state index contributed by atoms with van der Waals surface area (Å²) < 4.78 is 0. The van der Waals surface area contributed by atoms with Gasteiger partial charge in [-0.1, -0.05) is 12.8 Å². The number of likely N-dealkylation sites (tertiary alicyclic amines) is 1. The summed E-state index contributed by atoms with van der Waals surface area (Å²) in [6, 6.07) is 0. The van der Waals surface area contributed by atoms with Gasteiger partial charge in [-0.25, -0.2) is 4.79 Å². The molecule has 1 aliphatic heterocycles. The maximum absolute atomic E-state index is 10.4. The lowest BCUT2D eigenvalue weighted by Gasteiger charge is -2.46. The van der Waals surface area contributed by atoms with Crippen LogP contribution in [-0.4, -0.2) is 29.2 Å². The first-order valence-corrected chi connectivity index (χ1v) is 4.20. The predicted molar refractivity (Wildman–Crippen MR) is 40.5 cm³/mol. The largest absolute Gasteiger partial charge is 0.465 e. The van der Waals surface area contributed by atoms with Crippen LogP contribution in [-0.2, 0) is 0 Å². The Morgan fingerprint density at radius 3 is 2.27 bits per heavy atom. The molecule has 62 valence electrons. The highest BCUT2D eigenvalue weighted by Gasteiger charge is 2.46. The van der Waals surface area contributed by atoms with Crippen LogP contribution in [0.15, 0.2) is 0 Å². The Bertz CT molecular complexity index is 177. The van der Waals surface area contributed by atoms with E-state index < -0.39 is 6.09 Å². The maximum Gasteiger partial charge on any atom is 0.407 e. The fourth-order valence-electron chi connectivity index (χ4n) is 2.34. The molecule has 1 aliphatic carbocycles. The molecule has 0 radical (unpaired) electrons. The van der Waals surface area contributed by atoms with Crippen LogP contribution in [0.4, 0.5) is 4.79 Å². The molecular formula is C8H13NO2. The molecule has 2 aliphatic rings. The van der Waals surface area contributed by atoms with Gasteiger partial charge in [-0.3, -0.25) is 0 Å². The molecule has 0 aromatic carbocycles. The minimum absolute atomic E-state index is 0.415. The number of rotatable bonds is 0. The van der Waals surface area contributed by atoms with Crippen molar-refractivity contribution in [2.75, 3.05) is 13.1 Å². The molecule has 2 rings (SSSR count). The topological polar surface area (TPSA) is 40.5 Å². The zero-order valence-corrected chi connectivity index (χ0v) is 6.55. The van der Waals surface area contributed by atoms with Gasteiger partial charge in [-0.2, -0.15) is 0 Å². The van der Waals surface area contributed by atoms with E-state index in [1.165, 1.54) is 30.6 Å². The van der Waals surface area contributed by atoms with Crippen LogP contribution in [0.2, 0.25) is 0 Å². The van der Waals surface area contributed by atoms with E-state index in [1.54, 1.807) is 0 Å². The van der Waals surface area contributed by atoms with Crippen LogP contribution in [0.3, 0.4) is 0 Å². The molecule has 0 aromatic heterocycles. The third kappa shape index (κ3) is 0.988. The van der Waals surface area contributed by atoms with Gasteiger partial charge in [-0.05, 0) is 12.8 Å². The minimum atomic E-state index is -0.748. The van der Waals surface area contributed by atoms with Gasteiger partial charge >= 0.3 is 6.09 Å². The van der Waals surface area contributed by atoms with E-state index in [-0.39, 0.29) is 0 Å². The molecule has 1 saturated carbocycles. The SMILES string of the molecule is O=C(O)N1CC2(CCCC2)C1. The van der Waals surface area contributed by atoms with Crippen molar-refractivity contribution < 1.29 is 9.90 Å². The Hall–Kier alpha value is -0.730. The molecule has 1 spiro atoms. The summed E-state index contributed by atoms with van der Waals surface area (Å²) in [5.74, 6) is 0. The molecule has 0 unspecified atom stereocenters. The summed E-state index contributed by atoms with van der Waals surface area (Å²) in [7, 11) is 0. The van der Waals surface area contributed by atoms with Crippen LogP contribution in [0, 0.1) is 5.41 Å². The summed E-state index contributed by atoms with van der Waals surface area (Å²) in [6.45, 7) is 1.59. The summed E-state index contributed by atoms with van der Waals surface area (Å²) in [5.41, 5.74) is 0.415. The van der Waals surface area contributed by atoms with Crippen LogP contribution in [0.1, 0.15) is 25.7 Å². The van der Waals surface area contributed by atoms with Gasteiger partial charge in [0, 0.05) is 18.5 Å². The molecule has 3 heteroatoms. The van der Waals surface area contributed by atoms with Crippen molar-refractivity contribution in [1.29, 1.82) is 0 Å². The Balaban J connectivity index is 1.91. The predicted octanol–water partition coefficient (Wildman–Crippen LogP) is 1.54. The fourth-order valence-corrected chi connectivity index (χ4v) is 2.34. The van der Waals surface area contributed by atoms with E-state index >= 15 is 0 Å². The van der Waals surface area contributed by atoms with Gasteiger partial charge in [0.1, 0.15) is 0 Å². The van der Waals surface area contributed by atoms with Crippen molar-refractivity contribution in [3.05, 3.63) is 0 Å². The second kappa shape index (κ2) is 2.13. The molecule has 1 amide bonds. The Morgan fingerprint density at radius 2 is 1.82 bits per heavy atom. The Morgan fingerprint density at radius 1 is 1.27 bits per heavy atom. The van der Waals surface area contributed by atoms with Gasteiger partial charge in [0.15, 0.2) is 0 Å². The number of hydrogen-bond acceptors (Lipinski definition) is 1. The second-order valence-electron chi connectivity index (χ2n) is 3.85. The summed E-state index contributed by atoms with van der Waals surface area (Å²) in [6.07, 6.45) is 4.34. The van der Waals surface area contributed by atoms with Gasteiger partial charge in [-0.15, -0.1) is 0 Å². The zero-order valence-electron chi connectivity index (χ0n) is 6.55. The Kier molecular flexibility index (Phi) is 1.34. The van der Waals surface area contributed by atoms with E-state index in [0.29, 0.717) is 5.41 Å². The number of carbonyl (C=O) groups is 1. The number of carboxylic acid groups (broad SMARTS) is 1. The molecular weight excluding hydrogens is 142 g/mol. The molecule has 0 bridgehead atoms. The monoisotopic (exact) mass is 155 g/mol. The summed E-state index contributed by atoms with van der Waals surface area (Å²) in [5, 5.41) is 8.60. The minimum Gasteiger partial charge on any atom is -0.465 e. The first-order valence-electron chi connectivity index (χ1n) is 4.20. The first kappa shape index (κ1) is 6.95. The quantitative estimate of drug-likeness (QED) is 0.576. The highest BCUT2D eigenvalue weighted by molar-refractivity contribution is 5.66. The maximum atomic E-state index is 10.4. The van der Waals surface area contributed by atoms with Crippen LogP contribution < -0.4 is 0 Å². The molecule has 1 heterocycles. The highest BCUT2D eigenvalue weighted by Crippen LogP contribution is 2.45. The first-order chi connectivity index (χ1) is 5.22. The van der Waals surface area contributed by atoms with E-state index in [4.69, 9.17) is 5.11 Å². The summed E-state index contributed by atoms with van der Waals surface area (Å²) >= 11 is 0. The molecule has 0 atom stereocenters. The van der Waals surface area contributed by atoms with Crippen LogP contribution in [0.25, 0.3) is 0 Å². The second-order valence-corrected chi connectivity index (χ2v) is 3.85. The van der Waals surface area contributed by atoms with Gasteiger partial charge < -0.3 is 10.0 Å². The van der Waals surface area contributed by atoms with Crippen LogP contribution in [0.5, 0.6) is 0 Å². The normalized spacial score (nSPS) is 27.1. The van der Waals surface area contributed by atoms with Crippen LogP contribution >= 0.6 is 0 Å². The zero-order chi connectivity index (χ0) is 7.90. The Labute approximate surface area is 66.0 Å². The number of nitrogens with zero attached hydrogens (tertiary/aromatic N) is 1. The lowest BCUT2D eigenvalue weighted by Crippen LogP contribution is -2.56. The van der Waals surface area contributed by atoms with Gasteiger partial charge in [0.2, 0.25) is 0 Å². The fraction of sp³-hybridized carbons (Fsp3) is 0.875. The van der Waals surface area contributed by atoms with E-state index in [0.717, 1.165) is 13.1 Å². The van der Waals surface area contributed by atoms with Crippen molar-refractivity contribution in [3.8, 4) is 0 Å². The number of amides is 1. The van der Waals surface area contributed by atoms with Crippen molar-refractivity contribution in [1.82, 2.24) is 4.90 Å². The molecule has 2 fully saturated rings. The van der Waals surface area contributed by atoms with Gasteiger partial charge in [0.05, 0.1) is 0 Å². The molecule has 1 N–H and O–H groups in total. The van der Waals surface area contributed by atoms with Gasteiger partial charge in [0.25, 0.3) is 0 Å². The smallest absolute Gasteiger partial charge is 0.407 e. The highest BCUT2D eigenvalue weighted by atomic mass is 16.4. The molecule has 11 heavy (non-hydrogen) atoms. The lowest BCUT2D eigenvalue weighted by atomic mass is 9.79. The average Bonchev–Trinajstić information content (AvgIpc) is 2.29. The molecule has 3 nitrogen and oxygen atoms in total. The number of hydrogen-bond donors (Lipinski definition) is 1. The van der Waals surface area contributed by atoms with E-state index in [2.05, 4.69) is 0 Å². The molecule has 0 aromatic rings. The van der Waals surface area contributed by atoms with Crippen molar-refractivity contribution in [3.63, 3.8) is 0 Å². The van der Waals surface area contributed by atoms with Crippen molar-refractivity contribution >= 4 is 6.09 Å². The lowest BCUT2D eigenvalue weighted by molar-refractivity contribution is 0.0151. The third-order valence-electron chi connectivity index (χ3n) is 2.99. The van der Waals surface area contributed by atoms with E-state index in [1.807, 2.05) is 0 Å².